The highest BCUT2D eigenvalue weighted by Crippen LogP contribution is 2.33. The molecule has 3 aliphatic heterocycles. The van der Waals surface area contributed by atoms with Gasteiger partial charge in [0, 0.05) is 44.0 Å². The molecule has 3 aliphatic rings. The molecular weight excluding hydrogens is 386 g/mol. The van der Waals surface area contributed by atoms with Crippen molar-refractivity contribution in [2.24, 2.45) is 0 Å². The van der Waals surface area contributed by atoms with E-state index >= 15 is 0 Å². The molecule has 3 fully saturated rings. The fourth-order valence-corrected chi connectivity index (χ4v) is 5.14. The van der Waals surface area contributed by atoms with Gasteiger partial charge in [-0.2, -0.15) is 0 Å². The molecule has 31 heavy (non-hydrogen) atoms. The van der Waals surface area contributed by atoms with Crippen molar-refractivity contribution in [2.45, 2.75) is 44.4 Å². The number of likely N-dealkylation sites (tertiary alicyclic amines) is 1. The van der Waals surface area contributed by atoms with Crippen LogP contribution in [0.5, 0.6) is 0 Å². The highest BCUT2D eigenvalue weighted by atomic mass is 16.6. The first-order chi connectivity index (χ1) is 15.3. The van der Waals surface area contributed by atoms with E-state index in [1.807, 2.05) is 35.2 Å². The van der Waals surface area contributed by atoms with E-state index in [0.717, 1.165) is 44.6 Å². The van der Waals surface area contributed by atoms with Crippen LogP contribution >= 0.6 is 0 Å². The van der Waals surface area contributed by atoms with Gasteiger partial charge < -0.3 is 19.9 Å². The van der Waals surface area contributed by atoms with Gasteiger partial charge in [0.25, 0.3) is 0 Å². The number of piperidine rings is 1. The van der Waals surface area contributed by atoms with E-state index in [0.29, 0.717) is 18.7 Å². The predicted octanol–water partition coefficient (Wildman–Crippen LogP) is 4.44. The zero-order valence-corrected chi connectivity index (χ0v) is 18.0. The van der Waals surface area contributed by atoms with Crippen molar-refractivity contribution in [3.63, 3.8) is 0 Å². The minimum Gasteiger partial charge on any atom is -0.445 e. The average molecular weight is 418 g/mol. The van der Waals surface area contributed by atoms with Gasteiger partial charge in [0.2, 0.25) is 0 Å². The summed E-state index contributed by atoms with van der Waals surface area (Å²) in [5.74, 6) is 0. The Labute approximate surface area is 184 Å². The summed E-state index contributed by atoms with van der Waals surface area (Å²) in [6.45, 7) is 3.97. The van der Waals surface area contributed by atoms with Crippen molar-refractivity contribution in [3.05, 3.63) is 71.3 Å². The first kappa shape index (κ1) is 20.1. The number of hydrogen-bond acceptors (Lipinski definition) is 4. The second-order valence-electron chi connectivity index (χ2n) is 8.88. The SMILES string of the molecule is O=C(OCc1ccccc1)N1CCC(=Cc2cccc(N3C4CCC3CNC4)c2)CC1. The molecule has 1 amide bonds. The second-order valence-corrected chi connectivity index (χ2v) is 8.88. The number of anilines is 1. The number of fused-ring (bicyclic) bond motifs is 2. The molecule has 5 rings (SSSR count). The first-order valence-corrected chi connectivity index (χ1v) is 11.5. The smallest absolute Gasteiger partial charge is 0.410 e. The molecule has 1 N–H and O–H groups in total. The Kier molecular flexibility index (Phi) is 5.94. The molecule has 2 atom stereocenters. The topological polar surface area (TPSA) is 44.8 Å². The zero-order chi connectivity index (χ0) is 21.0. The summed E-state index contributed by atoms with van der Waals surface area (Å²) in [4.78, 5) is 16.9. The average Bonchev–Trinajstić information content (AvgIpc) is 3.07. The number of nitrogens with zero attached hydrogens (tertiary/aromatic N) is 2. The standard InChI is InChI=1S/C26H31N3O2/c30-26(31-19-21-5-2-1-3-6-21)28-13-11-20(12-14-28)15-22-7-4-8-23(16-22)29-24-9-10-25(29)18-27-17-24/h1-8,15-16,24-25,27H,9-14,17-19H2. The van der Waals surface area contributed by atoms with Crippen LogP contribution in [0.15, 0.2) is 60.2 Å². The summed E-state index contributed by atoms with van der Waals surface area (Å²) >= 11 is 0. The minimum atomic E-state index is -0.209. The van der Waals surface area contributed by atoms with Crippen LogP contribution in [0.3, 0.4) is 0 Å². The second kappa shape index (κ2) is 9.15. The van der Waals surface area contributed by atoms with E-state index in [1.54, 1.807) is 0 Å². The molecule has 3 heterocycles. The molecule has 0 radical (unpaired) electrons. The number of rotatable bonds is 4. The zero-order valence-electron chi connectivity index (χ0n) is 18.0. The molecule has 0 saturated carbocycles. The summed E-state index contributed by atoms with van der Waals surface area (Å²) < 4.78 is 5.49. The Hall–Kier alpha value is -2.79. The maximum atomic E-state index is 12.4. The molecule has 5 nitrogen and oxygen atoms in total. The Morgan fingerprint density at radius 3 is 2.48 bits per heavy atom. The number of piperazine rings is 1. The fraction of sp³-hybridized carbons (Fsp3) is 0.423. The van der Waals surface area contributed by atoms with E-state index in [1.165, 1.54) is 29.7 Å². The Bertz CT molecular complexity index is 917. The van der Waals surface area contributed by atoms with Crippen molar-refractivity contribution in [2.75, 3.05) is 31.1 Å². The third-order valence-electron chi connectivity index (χ3n) is 6.79. The summed E-state index contributed by atoms with van der Waals surface area (Å²) in [6.07, 6.45) is 6.50. The number of benzene rings is 2. The highest BCUT2D eigenvalue weighted by Gasteiger charge is 2.36. The summed E-state index contributed by atoms with van der Waals surface area (Å²) in [7, 11) is 0. The minimum absolute atomic E-state index is 0.209. The summed E-state index contributed by atoms with van der Waals surface area (Å²) in [6, 6.07) is 20.1. The van der Waals surface area contributed by atoms with E-state index in [9.17, 15) is 4.79 Å². The number of ether oxygens (including phenoxy) is 1. The van der Waals surface area contributed by atoms with E-state index in [-0.39, 0.29) is 6.09 Å². The molecular formula is C26H31N3O2. The lowest BCUT2D eigenvalue weighted by molar-refractivity contribution is 0.0936. The van der Waals surface area contributed by atoms with Gasteiger partial charge in [-0.15, -0.1) is 0 Å². The van der Waals surface area contributed by atoms with Crippen molar-refractivity contribution < 1.29 is 9.53 Å². The fourth-order valence-electron chi connectivity index (χ4n) is 5.14. The lowest BCUT2D eigenvalue weighted by Gasteiger charge is -2.37. The summed E-state index contributed by atoms with van der Waals surface area (Å²) in [5, 5.41) is 3.56. The molecule has 5 heteroatoms. The number of nitrogens with one attached hydrogen (secondary N) is 1. The van der Waals surface area contributed by atoms with Crippen molar-refractivity contribution >= 4 is 17.9 Å². The van der Waals surface area contributed by atoms with Crippen LogP contribution in [0.4, 0.5) is 10.5 Å². The van der Waals surface area contributed by atoms with Crippen molar-refractivity contribution in [3.8, 4) is 0 Å². The number of amides is 1. The van der Waals surface area contributed by atoms with Crippen LogP contribution in [0, 0.1) is 0 Å². The van der Waals surface area contributed by atoms with Gasteiger partial charge in [-0.25, -0.2) is 4.79 Å². The lowest BCUT2D eigenvalue weighted by atomic mass is 10.0. The maximum Gasteiger partial charge on any atom is 0.410 e. The Morgan fingerprint density at radius 2 is 1.74 bits per heavy atom. The van der Waals surface area contributed by atoms with Crippen LogP contribution in [0.25, 0.3) is 6.08 Å². The number of hydrogen-bond donors (Lipinski definition) is 1. The molecule has 2 aromatic rings. The van der Waals surface area contributed by atoms with Gasteiger partial charge in [-0.1, -0.05) is 54.1 Å². The molecule has 0 aliphatic carbocycles. The Morgan fingerprint density at radius 1 is 1.00 bits per heavy atom. The first-order valence-electron chi connectivity index (χ1n) is 11.5. The van der Waals surface area contributed by atoms with Gasteiger partial charge in [-0.3, -0.25) is 0 Å². The van der Waals surface area contributed by atoms with Crippen LogP contribution in [-0.2, 0) is 11.3 Å². The third kappa shape index (κ3) is 4.62. The predicted molar refractivity (Wildman–Crippen MR) is 124 cm³/mol. The van der Waals surface area contributed by atoms with Gasteiger partial charge in [0.05, 0.1) is 0 Å². The van der Waals surface area contributed by atoms with E-state index in [4.69, 9.17) is 4.74 Å². The molecule has 0 spiro atoms. The van der Waals surface area contributed by atoms with Crippen molar-refractivity contribution in [1.29, 1.82) is 0 Å². The molecule has 2 unspecified atom stereocenters. The van der Waals surface area contributed by atoms with E-state index in [2.05, 4.69) is 40.6 Å². The van der Waals surface area contributed by atoms with Gasteiger partial charge in [0.1, 0.15) is 6.61 Å². The Balaban J connectivity index is 1.17. The highest BCUT2D eigenvalue weighted by molar-refractivity contribution is 5.68. The lowest BCUT2D eigenvalue weighted by Crippen LogP contribution is -2.52. The van der Waals surface area contributed by atoms with Crippen LogP contribution in [0.2, 0.25) is 0 Å². The molecule has 2 bridgehead atoms. The largest absolute Gasteiger partial charge is 0.445 e. The van der Waals surface area contributed by atoms with Crippen molar-refractivity contribution in [1.82, 2.24) is 10.2 Å². The van der Waals surface area contributed by atoms with Gasteiger partial charge >= 0.3 is 6.09 Å². The molecule has 0 aromatic heterocycles. The maximum absolute atomic E-state index is 12.4. The van der Waals surface area contributed by atoms with Crippen LogP contribution < -0.4 is 10.2 Å². The van der Waals surface area contributed by atoms with E-state index < -0.39 is 0 Å². The number of carbonyl (C=O) groups excluding carboxylic acids is 1. The monoisotopic (exact) mass is 417 g/mol. The third-order valence-corrected chi connectivity index (χ3v) is 6.79. The molecule has 162 valence electrons. The van der Waals surface area contributed by atoms with Gasteiger partial charge in [0.15, 0.2) is 0 Å². The molecule has 2 aromatic carbocycles. The normalized spacial score (nSPS) is 23.0. The number of carbonyl (C=O) groups is 1. The summed E-state index contributed by atoms with van der Waals surface area (Å²) in [5.41, 5.74) is 5.05. The van der Waals surface area contributed by atoms with Gasteiger partial charge in [-0.05, 0) is 48.9 Å². The molecule has 3 saturated heterocycles. The van der Waals surface area contributed by atoms with Crippen LogP contribution in [0.1, 0.15) is 36.8 Å². The van der Waals surface area contributed by atoms with Crippen LogP contribution in [-0.4, -0.2) is 49.3 Å². The quantitative estimate of drug-likeness (QED) is 0.799.